The average Bonchev–Trinajstić information content (AvgIpc) is 2.90. The van der Waals surface area contributed by atoms with Crippen molar-refractivity contribution in [3.05, 3.63) is 70.5 Å². The van der Waals surface area contributed by atoms with E-state index < -0.39 is 0 Å². The van der Waals surface area contributed by atoms with E-state index >= 15 is 0 Å². The van der Waals surface area contributed by atoms with Crippen LogP contribution in [0.2, 0.25) is 5.02 Å². The molecule has 0 saturated heterocycles. The van der Waals surface area contributed by atoms with Gasteiger partial charge in [-0.05, 0) is 29.3 Å². The number of aromatic nitrogens is 1. The van der Waals surface area contributed by atoms with Crippen molar-refractivity contribution in [1.29, 1.82) is 0 Å². The third-order valence-electron chi connectivity index (χ3n) is 3.31. The molecule has 0 spiro atoms. The van der Waals surface area contributed by atoms with Crippen molar-refractivity contribution in [2.24, 2.45) is 0 Å². The van der Waals surface area contributed by atoms with Gasteiger partial charge in [0, 0.05) is 23.8 Å². The summed E-state index contributed by atoms with van der Waals surface area (Å²) in [7, 11) is 0. The maximum absolute atomic E-state index is 12.2. The van der Waals surface area contributed by atoms with Crippen LogP contribution in [0.25, 0.3) is 6.08 Å². The van der Waals surface area contributed by atoms with Crippen molar-refractivity contribution in [3.63, 3.8) is 0 Å². The van der Waals surface area contributed by atoms with Crippen LogP contribution >= 0.6 is 11.6 Å². The first-order chi connectivity index (χ1) is 9.74. The lowest BCUT2D eigenvalue weighted by Crippen LogP contribution is -2.23. The fraction of sp³-hybridized carbons (Fsp3) is 0.125. The normalized spacial score (nSPS) is 13.8. The zero-order chi connectivity index (χ0) is 13.9. The van der Waals surface area contributed by atoms with Gasteiger partial charge < -0.3 is 4.90 Å². The molecule has 3 nitrogen and oxygen atoms in total. The van der Waals surface area contributed by atoms with E-state index in [9.17, 15) is 4.79 Å². The molecular formula is C16H13ClN2O. The van der Waals surface area contributed by atoms with E-state index in [0.29, 0.717) is 18.1 Å². The second-order valence-corrected chi connectivity index (χ2v) is 5.07. The monoisotopic (exact) mass is 284 g/mol. The Hall–Kier alpha value is -2.13. The predicted octanol–water partition coefficient (Wildman–Crippen LogP) is 3.29. The molecule has 1 aromatic heterocycles. The largest absolute Gasteiger partial charge is 0.329 e. The summed E-state index contributed by atoms with van der Waals surface area (Å²) in [6.07, 6.45) is 5.07. The van der Waals surface area contributed by atoms with Crippen LogP contribution in [0.4, 0.5) is 0 Å². The molecule has 0 saturated carbocycles. The van der Waals surface area contributed by atoms with E-state index in [1.165, 1.54) is 0 Å². The molecule has 0 bridgehead atoms. The Bertz CT molecular complexity index is 657. The van der Waals surface area contributed by atoms with Gasteiger partial charge in [-0.3, -0.25) is 9.78 Å². The van der Waals surface area contributed by atoms with Gasteiger partial charge in [0.05, 0.1) is 12.2 Å². The van der Waals surface area contributed by atoms with Crippen molar-refractivity contribution in [2.45, 2.75) is 13.1 Å². The van der Waals surface area contributed by atoms with Crippen molar-refractivity contribution in [2.75, 3.05) is 0 Å². The molecular weight excluding hydrogens is 272 g/mol. The lowest BCUT2D eigenvalue weighted by Gasteiger charge is -2.11. The maximum Gasteiger partial charge on any atom is 0.247 e. The van der Waals surface area contributed by atoms with Crippen LogP contribution in [-0.2, 0) is 17.9 Å². The van der Waals surface area contributed by atoms with Crippen LogP contribution in [0.5, 0.6) is 0 Å². The summed E-state index contributed by atoms with van der Waals surface area (Å²) in [5, 5.41) is 0.642. The summed E-state index contributed by atoms with van der Waals surface area (Å²) in [6, 6.07) is 11.4. The van der Waals surface area contributed by atoms with Gasteiger partial charge in [0.1, 0.15) is 0 Å². The molecule has 2 aromatic rings. The molecule has 1 aromatic carbocycles. The zero-order valence-electron chi connectivity index (χ0n) is 10.8. The summed E-state index contributed by atoms with van der Waals surface area (Å²) in [4.78, 5) is 18.2. The minimum Gasteiger partial charge on any atom is -0.329 e. The minimum atomic E-state index is -0.0251. The van der Waals surface area contributed by atoms with Gasteiger partial charge in [-0.25, -0.2) is 0 Å². The summed E-state index contributed by atoms with van der Waals surface area (Å²) >= 11 is 6.05. The molecule has 20 heavy (non-hydrogen) atoms. The molecule has 1 aliphatic rings. The third kappa shape index (κ3) is 2.58. The number of halogens is 1. The summed E-state index contributed by atoms with van der Waals surface area (Å²) in [6.45, 7) is 1.19. The van der Waals surface area contributed by atoms with Crippen molar-refractivity contribution in [3.8, 4) is 0 Å². The Kier molecular flexibility index (Phi) is 3.52. The number of pyridine rings is 1. The molecule has 4 heteroatoms. The number of rotatable bonds is 2. The number of nitrogens with zero attached hydrogens (tertiary/aromatic N) is 2. The maximum atomic E-state index is 12.2. The SMILES string of the molecule is O=C(/C=C/c1ccccc1Cl)N1Cc2cccnc2C1. The summed E-state index contributed by atoms with van der Waals surface area (Å²) in [5.41, 5.74) is 2.94. The van der Waals surface area contributed by atoms with Crippen LogP contribution in [0, 0.1) is 0 Å². The number of carbonyl (C=O) groups excluding carboxylic acids is 1. The van der Waals surface area contributed by atoms with E-state index in [1.807, 2.05) is 30.3 Å². The van der Waals surface area contributed by atoms with Crippen LogP contribution < -0.4 is 0 Å². The standard InChI is InChI=1S/C16H13ClN2O/c17-14-6-2-1-4-12(14)7-8-16(20)19-10-13-5-3-9-18-15(13)11-19/h1-9H,10-11H2/b8-7+. The first-order valence-electron chi connectivity index (χ1n) is 6.38. The lowest BCUT2D eigenvalue weighted by atomic mass is 10.2. The van der Waals surface area contributed by atoms with E-state index in [1.54, 1.807) is 29.3 Å². The van der Waals surface area contributed by atoms with Gasteiger partial charge in [0.25, 0.3) is 0 Å². The average molecular weight is 285 g/mol. The highest BCUT2D eigenvalue weighted by atomic mass is 35.5. The molecule has 1 amide bonds. The highest BCUT2D eigenvalue weighted by Gasteiger charge is 2.22. The van der Waals surface area contributed by atoms with E-state index in [4.69, 9.17) is 11.6 Å². The van der Waals surface area contributed by atoms with Gasteiger partial charge >= 0.3 is 0 Å². The molecule has 100 valence electrons. The fourth-order valence-corrected chi connectivity index (χ4v) is 2.43. The topological polar surface area (TPSA) is 33.2 Å². The van der Waals surface area contributed by atoms with Gasteiger partial charge in [0.2, 0.25) is 5.91 Å². The highest BCUT2D eigenvalue weighted by molar-refractivity contribution is 6.32. The summed E-state index contributed by atoms with van der Waals surface area (Å²) < 4.78 is 0. The first-order valence-corrected chi connectivity index (χ1v) is 6.76. The van der Waals surface area contributed by atoms with Gasteiger partial charge in [0.15, 0.2) is 0 Å². The molecule has 3 rings (SSSR count). The van der Waals surface area contributed by atoms with Crippen LogP contribution in [-0.4, -0.2) is 15.8 Å². The third-order valence-corrected chi connectivity index (χ3v) is 3.65. The van der Waals surface area contributed by atoms with E-state index in [0.717, 1.165) is 16.8 Å². The van der Waals surface area contributed by atoms with Crippen molar-refractivity contribution >= 4 is 23.6 Å². The van der Waals surface area contributed by atoms with Crippen LogP contribution in [0.1, 0.15) is 16.8 Å². The molecule has 0 fully saturated rings. The second-order valence-electron chi connectivity index (χ2n) is 4.66. The first kappa shape index (κ1) is 12.9. The molecule has 0 radical (unpaired) electrons. The molecule has 0 aliphatic carbocycles. The van der Waals surface area contributed by atoms with Crippen molar-refractivity contribution < 1.29 is 4.79 Å². The Morgan fingerprint density at radius 2 is 2.05 bits per heavy atom. The highest BCUT2D eigenvalue weighted by Crippen LogP contribution is 2.21. The molecule has 1 aliphatic heterocycles. The zero-order valence-corrected chi connectivity index (χ0v) is 11.5. The smallest absolute Gasteiger partial charge is 0.247 e. The summed E-state index contributed by atoms with van der Waals surface area (Å²) in [5.74, 6) is -0.0251. The minimum absolute atomic E-state index is 0.0251. The van der Waals surface area contributed by atoms with E-state index in [-0.39, 0.29) is 5.91 Å². The Labute approximate surface area is 122 Å². The van der Waals surface area contributed by atoms with Gasteiger partial charge in [-0.2, -0.15) is 0 Å². The van der Waals surface area contributed by atoms with Gasteiger partial charge in [-0.15, -0.1) is 0 Å². The number of fused-ring (bicyclic) bond motifs is 1. The Morgan fingerprint density at radius 3 is 2.85 bits per heavy atom. The fourth-order valence-electron chi connectivity index (χ4n) is 2.23. The number of amides is 1. The molecule has 2 heterocycles. The van der Waals surface area contributed by atoms with Crippen LogP contribution in [0.15, 0.2) is 48.7 Å². The second kappa shape index (κ2) is 5.47. The van der Waals surface area contributed by atoms with Crippen LogP contribution in [0.3, 0.4) is 0 Å². The quantitative estimate of drug-likeness (QED) is 0.793. The number of carbonyl (C=O) groups is 1. The molecule has 0 unspecified atom stereocenters. The Balaban J connectivity index is 1.71. The number of benzene rings is 1. The lowest BCUT2D eigenvalue weighted by molar-refractivity contribution is -0.126. The number of hydrogen-bond donors (Lipinski definition) is 0. The Morgan fingerprint density at radius 1 is 1.20 bits per heavy atom. The number of hydrogen-bond acceptors (Lipinski definition) is 2. The molecule has 0 N–H and O–H groups in total. The predicted molar refractivity (Wildman–Crippen MR) is 79.0 cm³/mol. The van der Waals surface area contributed by atoms with Crippen molar-refractivity contribution in [1.82, 2.24) is 9.88 Å². The van der Waals surface area contributed by atoms with E-state index in [2.05, 4.69) is 4.98 Å². The molecule has 0 atom stereocenters. The van der Waals surface area contributed by atoms with Gasteiger partial charge in [-0.1, -0.05) is 35.9 Å².